The van der Waals surface area contributed by atoms with Crippen LogP contribution in [0.2, 0.25) is 5.02 Å². The Balaban J connectivity index is 1.23. The molecular formula is C22H29ClN6O. The summed E-state index contributed by atoms with van der Waals surface area (Å²) in [4.78, 5) is 28.2. The highest BCUT2D eigenvalue weighted by Crippen LogP contribution is 2.26. The lowest BCUT2D eigenvalue weighted by atomic mass is 9.93. The fourth-order valence-electron chi connectivity index (χ4n) is 4.27. The van der Waals surface area contributed by atoms with Gasteiger partial charge >= 0.3 is 0 Å². The normalized spacial score (nSPS) is 17.9. The molecular weight excluding hydrogens is 400 g/mol. The van der Waals surface area contributed by atoms with Crippen LogP contribution in [0, 0.1) is 5.92 Å². The summed E-state index contributed by atoms with van der Waals surface area (Å²) in [6.07, 6.45) is 4.48. The maximum atomic E-state index is 12.8. The first-order chi connectivity index (χ1) is 14.6. The van der Waals surface area contributed by atoms with Crippen LogP contribution >= 0.6 is 11.6 Å². The second-order valence-electron chi connectivity index (χ2n) is 7.97. The van der Waals surface area contributed by atoms with Gasteiger partial charge in [0.25, 0.3) is 0 Å². The number of halogens is 1. The van der Waals surface area contributed by atoms with E-state index in [1.54, 1.807) is 6.20 Å². The molecule has 1 aromatic heterocycles. The largest absolute Gasteiger partial charge is 0.368 e. The monoisotopic (exact) mass is 428 g/mol. The zero-order valence-electron chi connectivity index (χ0n) is 17.4. The Bertz CT molecular complexity index is 862. The van der Waals surface area contributed by atoms with E-state index in [1.165, 1.54) is 0 Å². The van der Waals surface area contributed by atoms with Gasteiger partial charge in [0, 0.05) is 69.6 Å². The summed E-state index contributed by atoms with van der Waals surface area (Å²) in [7, 11) is 1.83. The van der Waals surface area contributed by atoms with Crippen LogP contribution in [0.5, 0.6) is 0 Å². The van der Waals surface area contributed by atoms with Gasteiger partial charge in [0.2, 0.25) is 11.9 Å². The number of aromatic nitrogens is 2. The summed E-state index contributed by atoms with van der Waals surface area (Å²) in [5.41, 5.74) is 1.13. The first-order valence-corrected chi connectivity index (χ1v) is 11.0. The topological polar surface area (TPSA) is 64.6 Å². The van der Waals surface area contributed by atoms with Gasteiger partial charge in [-0.25, -0.2) is 4.98 Å². The van der Waals surface area contributed by atoms with Crippen molar-refractivity contribution in [2.24, 2.45) is 5.92 Å². The molecule has 160 valence electrons. The number of carbonyl (C=O) groups excluding carboxylic acids is 1. The Hall–Kier alpha value is -2.54. The maximum absolute atomic E-state index is 12.8. The Labute approximate surface area is 183 Å². The number of piperidine rings is 1. The van der Waals surface area contributed by atoms with E-state index in [2.05, 4.69) is 31.2 Å². The molecule has 1 aromatic carbocycles. The summed E-state index contributed by atoms with van der Waals surface area (Å²) in [6.45, 7) is 5.12. The van der Waals surface area contributed by atoms with Gasteiger partial charge in [-0.1, -0.05) is 17.7 Å². The number of rotatable bonds is 5. The van der Waals surface area contributed by atoms with Gasteiger partial charge in [0.1, 0.15) is 5.82 Å². The number of hydrogen-bond donors (Lipinski definition) is 1. The van der Waals surface area contributed by atoms with Gasteiger partial charge in [-0.2, -0.15) is 4.98 Å². The Kier molecular flexibility index (Phi) is 6.57. The third kappa shape index (κ3) is 4.95. The van der Waals surface area contributed by atoms with Crippen molar-refractivity contribution < 1.29 is 4.79 Å². The van der Waals surface area contributed by atoms with Crippen LogP contribution in [0.15, 0.2) is 36.5 Å². The molecule has 30 heavy (non-hydrogen) atoms. The van der Waals surface area contributed by atoms with Gasteiger partial charge in [0.05, 0.1) is 0 Å². The lowest BCUT2D eigenvalue weighted by molar-refractivity contribution is -0.132. The number of benzene rings is 1. The molecule has 0 saturated carbocycles. The van der Waals surface area contributed by atoms with E-state index >= 15 is 0 Å². The van der Waals surface area contributed by atoms with Crippen LogP contribution in [0.4, 0.5) is 17.5 Å². The number of carbonyl (C=O) groups is 1. The van der Waals surface area contributed by atoms with Gasteiger partial charge in [-0.05, 0) is 43.0 Å². The molecule has 1 N–H and O–H groups in total. The van der Waals surface area contributed by atoms with Crippen molar-refractivity contribution in [3.05, 3.63) is 41.6 Å². The molecule has 2 aliphatic rings. The summed E-state index contributed by atoms with van der Waals surface area (Å²) in [6, 6.07) is 9.88. The van der Waals surface area contributed by atoms with Crippen molar-refractivity contribution in [1.82, 2.24) is 14.9 Å². The molecule has 3 heterocycles. The Morgan fingerprint density at radius 2 is 1.87 bits per heavy atom. The van der Waals surface area contributed by atoms with Crippen LogP contribution in [-0.4, -0.2) is 67.1 Å². The SMILES string of the molecule is CNc1nccc(N2CCC(CC(=O)N3CCN(c4cccc(Cl)c4)CC3)CC2)n1. The van der Waals surface area contributed by atoms with Gasteiger partial charge < -0.3 is 20.0 Å². The highest BCUT2D eigenvalue weighted by molar-refractivity contribution is 6.30. The predicted octanol–water partition coefficient (Wildman–Crippen LogP) is 3.13. The number of hydrogen-bond acceptors (Lipinski definition) is 6. The summed E-state index contributed by atoms with van der Waals surface area (Å²) in [5.74, 6) is 2.34. The minimum Gasteiger partial charge on any atom is -0.368 e. The van der Waals surface area contributed by atoms with Crippen molar-refractivity contribution in [1.29, 1.82) is 0 Å². The van der Waals surface area contributed by atoms with E-state index in [0.29, 0.717) is 24.2 Å². The third-order valence-corrected chi connectivity index (χ3v) is 6.31. The van der Waals surface area contributed by atoms with Crippen LogP contribution in [-0.2, 0) is 4.79 Å². The van der Waals surface area contributed by atoms with Gasteiger partial charge in [-0.3, -0.25) is 4.79 Å². The van der Waals surface area contributed by atoms with Gasteiger partial charge in [0.15, 0.2) is 0 Å². The Morgan fingerprint density at radius 1 is 1.10 bits per heavy atom. The smallest absolute Gasteiger partial charge is 0.224 e. The Morgan fingerprint density at radius 3 is 2.57 bits per heavy atom. The van der Waals surface area contributed by atoms with Crippen molar-refractivity contribution in [2.45, 2.75) is 19.3 Å². The first-order valence-electron chi connectivity index (χ1n) is 10.7. The fourth-order valence-corrected chi connectivity index (χ4v) is 4.46. The van der Waals surface area contributed by atoms with Crippen molar-refractivity contribution >= 4 is 35.0 Å². The van der Waals surface area contributed by atoms with Crippen molar-refractivity contribution in [3.8, 4) is 0 Å². The molecule has 0 spiro atoms. The van der Waals surface area contributed by atoms with E-state index in [9.17, 15) is 4.79 Å². The fraction of sp³-hybridized carbons (Fsp3) is 0.500. The molecule has 0 bridgehead atoms. The standard InChI is InChI=1S/C22H29ClN6O/c1-24-22-25-8-5-20(26-22)28-9-6-17(7-10-28)15-21(30)29-13-11-27(12-14-29)19-4-2-3-18(23)16-19/h2-5,8,16-17H,6-7,9-15H2,1H3,(H,24,25,26). The lowest BCUT2D eigenvalue weighted by Gasteiger charge is -2.38. The molecule has 1 amide bonds. The highest BCUT2D eigenvalue weighted by Gasteiger charge is 2.26. The number of anilines is 3. The highest BCUT2D eigenvalue weighted by atomic mass is 35.5. The molecule has 0 atom stereocenters. The molecule has 0 unspecified atom stereocenters. The average molecular weight is 429 g/mol. The zero-order chi connectivity index (χ0) is 20.9. The minimum atomic E-state index is 0.290. The van der Waals surface area contributed by atoms with Crippen LogP contribution in [0.3, 0.4) is 0 Å². The maximum Gasteiger partial charge on any atom is 0.224 e. The zero-order valence-corrected chi connectivity index (χ0v) is 18.2. The summed E-state index contributed by atoms with van der Waals surface area (Å²) in [5, 5.41) is 3.74. The summed E-state index contributed by atoms with van der Waals surface area (Å²) < 4.78 is 0. The van der Waals surface area contributed by atoms with E-state index < -0.39 is 0 Å². The van der Waals surface area contributed by atoms with Crippen molar-refractivity contribution in [3.63, 3.8) is 0 Å². The molecule has 2 aromatic rings. The molecule has 2 fully saturated rings. The van der Waals surface area contributed by atoms with Crippen molar-refractivity contribution in [2.75, 3.05) is 61.4 Å². The number of piperazine rings is 1. The number of amides is 1. The molecule has 0 aliphatic carbocycles. The van der Waals surface area contributed by atoms with E-state index in [-0.39, 0.29) is 0 Å². The summed E-state index contributed by atoms with van der Waals surface area (Å²) >= 11 is 6.11. The van der Waals surface area contributed by atoms with Crippen LogP contribution < -0.4 is 15.1 Å². The van der Waals surface area contributed by atoms with Crippen LogP contribution in [0.25, 0.3) is 0 Å². The van der Waals surface area contributed by atoms with E-state index in [0.717, 1.165) is 68.6 Å². The molecule has 8 heteroatoms. The first kappa shape index (κ1) is 20.7. The molecule has 2 saturated heterocycles. The molecule has 7 nitrogen and oxygen atoms in total. The van der Waals surface area contributed by atoms with E-state index in [1.807, 2.05) is 36.2 Å². The number of nitrogens with one attached hydrogen (secondary N) is 1. The lowest BCUT2D eigenvalue weighted by Crippen LogP contribution is -2.49. The van der Waals surface area contributed by atoms with E-state index in [4.69, 9.17) is 11.6 Å². The average Bonchev–Trinajstić information content (AvgIpc) is 2.80. The van der Waals surface area contributed by atoms with Crippen LogP contribution in [0.1, 0.15) is 19.3 Å². The molecule has 2 aliphatic heterocycles. The number of nitrogens with zero attached hydrogens (tertiary/aromatic N) is 5. The molecule has 0 radical (unpaired) electrons. The third-order valence-electron chi connectivity index (χ3n) is 6.07. The van der Waals surface area contributed by atoms with Gasteiger partial charge in [-0.15, -0.1) is 0 Å². The second-order valence-corrected chi connectivity index (χ2v) is 8.41. The molecule has 4 rings (SSSR count). The minimum absolute atomic E-state index is 0.290. The predicted molar refractivity (Wildman–Crippen MR) is 121 cm³/mol. The second kappa shape index (κ2) is 9.51. The quantitative estimate of drug-likeness (QED) is 0.789.